The molecular weight excluding hydrogens is 194 g/mol. The molecule has 1 unspecified atom stereocenters. The van der Waals surface area contributed by atoms with Crippen molar-refractivity contribution in [2.75, 3.05) is 0 Å². The smallest absolute Gasteiger partial charge is 0.0486 e. The Hall–Kier alpha value is -1.24. The minimum Gasteiger partial charge on any atom is -0.361 e. The fraction of sp³-hybridized carbons (Fsp3) is 0.467. The van der Waals surface area contributed by atoms with E-state index in [1.807, 2.05) is 0 Å². The molecule has 1 heteroatoms. The molecule has 0 fully saturated rings. The molecule has 0 radical (unpaired) electrons. The van der Waals surface area contributed by atoms with Crippen molar-refractivity contribution >= 4 is 10.9 Å². The summed E-state index contributed by atoms with van der Waals surface area (Å²) in [5, 5.41) is 1.38. The third-order valence-corrected chi connectivity index (χ3v) is 3.72. The van der Waals surface area contributed by atoms with Crippen molar-refractivity contribution in [1.29, 1.82) is 0 Å². The minimum absolute atomic E-state index is 0.304. The zero-order valence-corrected chi connectivity index (χ0v) is 10.9. The Morgan fingerprint density at radius 3 is 2.50 bits per heavy atom. The van der Waals surface area contributed by atoms with Crippen molar-refractivity contribution in [3.8, 4) is 0 Å². The van der Waals surface area contributed by atoms with Crippen molar-refractivity contribution in [3.05, 3.63) is 35.5 Å². The maximum atomic E-state index is 3.41. The molecule has 1 aromatic heterocycles. The molecule has 16 heavy (non-hydrogen) atoms. The van der Waals surface area contributed by atoms with Gasteiger partial charge in [-0.2, -0.15) is 0 Å². The molecule has 1 aromatic carbocycles. The van der Waals surface area contributed by atoms with Crippen molar-refractivity contribution < 1.29 is 0 Å². The molecule has 0 amide bonds. The molecule has 0 aliphatic rings. The van der Waals surface area contributed by atoms with Gasteiger partial charge in [0.05, 0.1) is 0 Å². The molecule has 2 rings (SSSR count). The average Bonchev–Trinajstić information content (AvgIpc) is 2.60. The van der Waals surface area contributed by atoms with Gasteiger partial charge in [0.25, 0.3) is 0 Å². The molecule has 86 valence electrons. The molecule has 0 aliphatic carbocycles. The summed E-state index contributed by atoms with van der Waals surface area (Å²) in [4.78, 5) is 3.41. The number of fused-ring (bicyclic) bond motifs is 1. The van der Waals surface area contributed by atoms with E-state index >= 15 is 0 Å². The largest absolute Gasteiger partial charge is 0.361 e. The van der Waals surface area contributed by atoms with Crippen LogP contribution in [0.15, 0.2) is 24.4 Å². The summed E-state index contributed by atoms with van der Waals surface area (Å²) < 4.78 is 0. The molecule has 0 spiro atoms. The second-order valence-corrected chi connectivity index (χ2v) is 5.83. The topological polar surface area (TPSA) is 15.8 Å². The Morgan fingerprint density at radius 2 is 1.88 bits per heavy atom. The van der Waals surface area contributed by atoms with Gasteiger partial charge < -0.3 is 4.98 Å². The van der Waals surface area contributed by atoms with Crippen molar-refractivity contribution in [2.24, 2.45) is 5.41 Å². The zero-order chi connectivity index (χ0) is 11.9. The molecule has 0 saturated heterocycles. The van der Waals surface area contributed by atoms with E-state index in [9.17, 15) is 0 Å². The first kappa shape index (κ1) is 11.3. The van der Waals surface area contributed by atoms with Gasteiger partial charge in [-0.1, -0.05) is 45.9 Å². The molecule has 0 aliphatic heterocycles. The third kappa shape index (κ3) is 1.75. The van der Waals surface area contributed by atoms with Crippen molar-refractivity contribution in [1.82, 2.24) is 4.98 Å². The first-order valence-corrected chi connectivity index (χ1v) is 5.98. The van der Waals surface area contributed by atoms with Gasteiger partial charge in [-0.3, -0.25) is 0 Å². The molecule has 1 atom stereocenters. The SMILES string of the molecule is Cc1cccc2c(C(C)C(C)(C)C)c[nH]c12. The van der Waals surface area contributed by atoms with Gasteiger partial charge in [0, 0.05) is 17.1 Å². The summed E-state index contributed by atoms with van der Waals surface area (Å²) in [7, 11) is 0. The lowest BCUT2D eigenvalue weighted by Crippen LogP contribution is -2.14. The number of nitrogens with one attached hydrogen (secondary N) is 1. The predicted octanol–water partition coefficient (Wildman–Crippen LogP) is 4.63. The number of benzene rings is 1. The van der Waals surface area contributed by atoms with Gasteiger partial charge in [-0.15, -0.1) is 0 Å². The Bertz CT molecular complexity index is 500. The van der Waals surface area contributed by atoms with Gasteiger partial charge in [0.15, 0.2) is 0 Å². The molecule has 0 saturated carbocycles. The van der Waals surface area contributed by atoms with E-state index in [2.05, 4.69) is 64.0 Å². The van der Waals surface area contributed by atoms with Gasteiger partial charge in [-0.05, 0) is 29.4 Å². The van der Waals surface area contributed by atoms with E-state index < -0.39 is 0 Å². The number of hydrogen-bond acceptors (Lipinski definition) is 0. The Morgan fingerprint density at radius 1 is 1.19 bits per heavy atom. The summed E-state index contributed by atoms with van der Waals surface area (Å²) in [5.41, 5.74) is 4.35. The van der Waals surface area contributed by atoms with Gasteiger partial charge >= 0.3 is 0 Å². The van der Waals surface area contributed by atoms with Gasteiger partial charge in [-0.25, -0.2) is 0 Å². The molecule has 1 heterocycles. The summed E-state index contributed by atoms with van der Waals surface area (Å²) >= 11 is 0. The minimum atomic E-state index is 0.304. The molecule has 0 bridgehead atoms. The average molecular weight is 215 g/mol. The first-order valence-electron chi connectivity index (χ1n) is 5.98. The lowest BCUT2D eigenvalue weighted by molar-refractivity contribution is 0.341. The molecule has 2 aromatic rings. The van der Waals surface area contributed by atoms with E-state index in [1.54, 1.807) is 0 Å². The molecule has 1 N–H and O–H groups in total. The molecular formula is C15H21N. The highest BCUT2D eigenvalue weighted by atomic mass is 14.7. The van der Waals surface area contributed by atoms with Crippen molar-refractivity contribution in [3.63, 3.8) is 0 Å². The third-order valence-electron chi connectivity index (χ3n) is 3.72. The molecule has 1 nitrogen and oxygen atoms in total. The quantitative estimate of drug-likeness (QED) is 0.714. The summed E-state index contributed by atoms with van der Waals surface area (Å²) in [5.74, 6) is 0.558. The van der Waals surface area contributed by atoms with Crippen LogP contribution >= 0.6 is 0 Å². The number of H-pyrrole nitrogens is 1. The van der Waals surface area contributed by atoms with E-state index in [1.165, 1.54) is 22.0 Å². The number of aromatic nitrogens is 1. The van der Waals surface area contributed by atoms with Crippen LogP contribution in [0.4, 0.5) is 0 Å². The lowest BCUT2D eigenvalue weighted by atomic mass is 9.78. The Labute approximate surface area is 97.9 Å². The maximum absolute atomic E-state index is 3.41. The van der Waals surface area contributed by atoms with Gasteiger partial charge in [0.1, 0.15) is 0 Å². The highest BCUT2D eigenvalue weighted by Crippen LogP contribution is 2.38. The van der Waals surface area contributed by atoms with Crippen LogP contribution in [0, 0.1) is 12.3 Å². The van der Waals surface area contributed by atoms with E-state index in [4.69, 9.17) is 0 Å². The second kappa shape index (κ2) is 3.65. The van der Waals surface area contributed by atoms with Crippen LogP contribution in [0.5, 0.6) is 0 Å². The van der Waals surface area contributed by atoms with E-state index in [0.29, 0.717) is 11.3 Å². The van der Waals surface area contributed by atoms with E-state index in [-0.39, 0.29) is 0 Å². The summed E-state index contributed by atoms with van der Waals surface area (Å²) in [6.07, 6.45) is 2.17. The van der Waals surface area contributed by atoms with Crippen LogP contribution in [0.3, 0.4) is 0 Å². The Balaban J connectivity index is 2.59. The number of para-hydroxylation sites is 1. The number of rotatable bonds is 1. The van der Waals surface area contributed by atoms with Crippen LogP contribution in [0.25, 0.3) is 10.9 Å². The van der Waals surface area contributed by atoms with Crippen LogP contribution in [0.1, 0.15) is 44.7 Å². The summed E-state index contributed by atoms with van der Waals surface area (Å²) in [6, 6.07) is 6.52. The number of aryl methyl sites for hydroxylation is 1. The van der Waals surface area contributed by atoms with Crippen LogP contribution < -0.4 is 0 Å². The fourth-order valence-corrected chi connectivity index (χ4v) is 2.15. The predicted molar refractivity (Wildman–Crippen MR) is 70.9 cm³/mol. The van der Waals surface area contributed by atoms with E-state index in [0.717, 1.165) is 0 Å². The standard InChI is InChI=1S/C15H21N/c1-10-7-6-8-12-13(9-16-14(10)12)11(2)15(3,4)5/h6-9,11,16H,1-5H3. The number of hydrogen-bond donors (Lipinski definition) is 1. The summed E-state index contributed by atoms with van der Waals surface area (Å²) in [6.45, 7) is 11.4. The lowest BCUT2D eigenvalue weighted by Gasteiger charge is -2.27. The number of aromatic amines is 1. The van der Waals surface area contributed by atoms with Crippen LogP contribution in [-0.4, -0.2) is 4.98 Å². The second-order valence-electron chi connectivity index (χ2n) is 5.83. The zero-order valence-electron chi connectivity index (χ0n) is 10.9. The fourth-order valence-electron chi connectivity index (χ4n) is 2.15. The Kier molecular flexibility index (Phi) is 2.57. The maximum Gasteiger partial charge on any atom is 0.0486 e. The normalized spacial score (nSPS) is 14.3. The monoisotopic (exact) mass is 215 g/mol. The highest BCUT2D eigenvalue weighted by molar-refractivity contribution is 5.86. The van der Waals surface area contributed by atoms with Crippen LogP contribution in [-0.2, 0) is 0 Å². The van der Waals surface area contributed by atoms with Gasteiger partial charge in [0.2, 0.25) is 0 Å². The first-order chi connectivity index (χ1) is 7.41. The highest BCUT2D eigenvalue weighted by Gasteiger charge is 2.24. The van der Waals surface area contributed by atoms with Crippen LogP contribution in [0.2, 0.25) is 0 Å². The van der Waals surface area contributed by atoms with Crippen molar-refractivity contribution in [2.45, 2.75) is 40.5 Å².